The highest BCUT2D eigenvalue weighted by Gasteiger charge is 2.15. The fourth-order valence-electron chi connectivity index (χ4n) is 5.31. The normalized spacial score (nSPS) is 10.8. The molecule has 6 rings (SSSR count). The molecule has 0 N–H and O–H groups in total. The van der Waals surface area contributed by atoms with Crippen LogP contribution in [-0.2, 0) is 0 Å². The zero-order chi connectivity index (χ0) is 29.8. The molecule has 0 bridgehead atoms. The minimum atomic E-state index is 0.842. The van der Waals surface area contributed by atoms with Gasteiger partial charge in [0.15, 0.2) is 0 Å². The Hall–Kier alpha value is -5.28. The number of ether oxygens (including phenoxy) is 1. The van der Waals surface area contributed by atoms with Crippen LogP contribution in [0.1, 0.15) is 16.7 Å². The number of hydrogen-bond donors (Lipinski definition) is 0. The molecule has 0 radical (unpaired) electrons. The van der Waals surface area contributed by atoms with Gasteiger partial charge in [-0.1, -0.05) is 77.4 Å². The van der Waals surface area contributed by atoms with Crippen LogP contribution >= 0.6 is 0 Å². The summed E-state index contributed by atoms with van der Waals surface area (Å²) in [4.78, 5) is 4.58. The van der Waals surface area contributed by atoms with Crippen LogP contribution < -0.4 is 14.5 Å². The maximum absolute atomic E-state index is 5.40. The van der Waals surface area contributed by atoms with E-state index in [0.29, 0.717) is 0 Å². The predicted molar refractivity (Wildman–Crippen MR) is 182 cm³/mol. The van der Waals surface area contributed by atoms with Crippen LogP contribution in [0, 0.1) is 20.8 Å². The topological polar surface area (TPSA) is 15.7 Å². The van der Waals surface area contributed by atoms with E-state index in [2.05, 4.69) is 164 Å². The van der Waals surface area contributed by atoms with Gasteiger partial charge in [-0.25, -0.2) is 0 Å². The first kappa shape index (κ1) is 27.9. The smallest absolute Gasteiger partial charge is 0.119 e. The van der Waals surface area contributed by atoms with Gasteiger partial charge in [0.05, 0.1) is 7.11 Å². The van der Waals surface area contributed by atoms with Crippen LogP contribution in [0.4, 0.5) is 34.1 Å². The molecule has 0 unspecified atom stereocenters. The van der Waals surface area contributed by atoms with E-state index in [0.717, 1.165) is 39.9 Å². The molecular formula is C40H36N2O. The summed E-state index contributed by atoms with van der Waals surface area (Å²) in [5, 5.41) is 0. The summed E-state index contributed by atoms with van der Waals surface area (Å²) in [5.74, 6) is 0.842. The summed E-state index contributed by atoms with van der Waals surface area (Å²) >= 11 is 0. The third-order valence-corrected chi connectivity index (χ3v) is 7.79. The Morgan fingerprint density at radius 2 is 0.558 bits per heavy atom. The average molecular weight is 561 g/mol. The van der Waals surface area contributed by atoms with E-state index in [9.17, 15) is 0 Å². The molecule has 0 atom stereocenters. The molecule has 0 spiro atoms. The number of nitrogens with zero attached hydrogens (tertiary/aromatic N) is 2. The average Bonchev–Trinajstić information content (AvgIpc) is 3.05. The van der Waals surface area contributed by atoms with Gasteiger partial charge >= 0.3 is 0 Å². The van der Waals surface area contributed by atoms with E-state index in [-0.39, 0.29) is 0 Å². The molecule has 0 aliphatic heterocycles. The standard InChI is InChI=1S/C40H36N2O/c1-29-5-15-34(16-6-29)41(35-17-7-30(2)8-18-35)37-21-11-32(12-22-37)33-13-23-38(24-14-33)42(36-19-9-31(3)10-20-36)39-25-27-40(43-4)28-26-39/h5-28H,1-4H3. The molecule has 3 nitrogen and oxygen atoms in total. The number of aryl methyl sites for hydroxylation is 3. The third-order valence-electron chi connectivity index (χ3n) is 7.79. The van der Waals surface area contributed by atoms with Crippen LogP contribution in [0.2, 0.25) is 0 Å². The van der Waals surface area contributed by atoms with Gasteiger partial charge in [0.25, 0.3) is 0 Å². The summed E-state index contributed by atoms with van der Waals surface area (Å²) in [5.41, 5.74) is 12.8. The summed E-state index contributed by atoms with van der Waals surface area (Å²) in [6.07, 6.45) is 0. The number of rotatable bonds is 8. The van der Waals surface area contributed by atoms with Crippen molar-refractivity contribution in [2.45, 2.75) is 20.8 Å². The van der Waals surface area contributed by atoms with Gasteiger partial charge in [-0.05, 0) is 117 Å². The minimum Gasteiger partial charge on any atom is -0.497 e. The van der Waals surface area contributed by atoms with Gasteiger partial charge in [0, 0.05) is 34.1 Å². The monoisotopic (exact) mass is 560 g/mol. The third kappa shape index (κ3) is 6.17. The molecule has 0 amide bonds. The maximum atomic E-state index is 5.40. The zero-order valence-corrected chi connectivity index (χ0v) is 25.2. The lowest BCUT2D eigenvalue weighted by atomic mass is 10.0. The highest BCUT2D eigenvalue weighted by Crippen LogP contribution is 2.38. The second kappa shape index (κ2) is 12.3. The molecular weight excluding hydrogens is 524 g/mol. The predicted octanol–water partition coefficient (Wildman–Crippen LogP) is 11.2. The van der Waals surface area contributed by atoms with Crippen molar-refractivity contribution in [2.75, 3.05) is 16.9 Å². The van der Waals surface area contributed by atoms with E-state index in [1.807, 2.05) is 12.1 Å². The molecule has 0 heterocycles. The van der Waals surface area contributed by atoms with Crippen molar-refractivity contribution >= 4 is 34.1 Å². The van der Waals surface area contributed by atoms with Crippen molar-refractivity contribution in [3.63, 3.8) is 0 Å². The fourth-order valence-corrected chi connectivity index (χ4v) is 5.31. The van der Waals surface area contributed by atoms with E-state index < -0.39 is 0 Å². The van der Waals surface area contributed by atoms with Crippen molar-refractivity contribution in [1.29, 1.82) is 0 Å². The summed E-state index contributed by atoms with van der Waals surface area (Å²) in [6.45, 7) is 6.36. The Kier molecular flexibility index (Phi) is 7.97. The Balaban J connectivity index is 1.31. The molecule has 6 aromatic rings. The SMILES string of the molecule is COc1ccc(N(c2ccc(C)cc2)c2ccc(-c3ccc(N(c4ccc(C)cc4)c4ccc(C)cc4)cc3)cc2)cc1. The summed E-state index contributed by atoms with van der Waals surface area (Å²) in [7, 11) is 1.69. The molecule has 6 aromatic carbocycles. The molecule has 0 saturated heterocycles. The van der Waals surface area contributed by atoms with E-state index in [1.165, 1.54) is 27.8 Å². The van der Waals surface area contributed by atoms with Crippen LogP contribution in [-0.4, -0.2) is 7.11 Å². The molecule has 0 aliphatic carbocycles. The zero-order valence-electron chi connectivity index (χ0n) is 25.2. The largest absolute Gasteiger partial charge is 0.497 e. The van der Waals surface area contributed by atoms with Gasteiger partial charge in [-0.15, -0.1) is 0 Å². The van der Waals surface area contributed by atoms with Crippen molar-refractivity contribution in [2.24, 2.45) is 0 Å². The maximum Gasteiger partial charge on any atom is 0.119 e. The highest BCUT2D eigenvalue weighted by atomic mass is 16.5. The van der Waals surface area contributed by atoms with Crippen molar-refractivity contribution in [3.8, 4) is 16.9 Å². The molecule has 43 heavy (non-hydrogen) atoms. The number of methoxy groups -OCH3 is 1. The number of benzene rings is 6. The van der Waals surface area contributed by atoms with E-state index >= 15 is 0 Å². The van der Waals surface area contributed by atoms with Crippen molar-refractivity contribution in [1.82, 2.24) is 0 Å². The fraction of sp³-hybridized carbons (Fsp3) is 0.100. The second-order valence-corrected chi connectivity index (χ2v) is 11.0. The van der Waals surface area contributed by atoms with Gasteiger partial charge in [-0.3, -0.25) is 0 Å². The first-order valence-electron chi connectivity index (χ1n) is 14.6. The Morgan fingerprint density at radius 3 is 0.814 bits per heavy atom. The van der Waals surface area contributed by atoms with Gasteiger partial charge < -0.3 is 14.5 Å². The van der Waals surface area contributed by atoms with Crippen LogP contribution in [0.25, 0.3) is 11.1 Å². The van der Waals surface area contributed by atoms with Gasteiger partial charge in [0.2, 0.25) is 0 Å². The Labute approximate surface area is 255 Å². The molecule has 0 fully saturated rings. The Morgan fingerprint density at radius 1 is 0.326 bits per heavy atom. The van der Waals surface area contributed by atoms with Gasteiger partial charge in [0.1, 0.15) is 5.75 Å². The van der Waals surface area contributed by atoms with Crippen molar-refractivity contribution in [3.05, 3.63) is 162 Å². The molecule has 0 saturated carbocycles. The molecule has 3 heteroatoms. The molecule has 0 aliphatic rings. The van der Waals surface area contributed by atoms with Crippen LogP contribution in [0.3, 0.4) is 0 Å². The van der Waals surface area contributed by atoms with Crippen molar-refractivity contribution < 1.29 is 4.74 Å². The van der Waals surface area contributed by atoms with Gasteiger partial charge in [-0.2, -0.15) is 0 Å². The second-order valence-electron chi connectivity index (χ2n) is 11.0. The number of anilines is 6. The van der Waals surface area contributed by atoms with Crippen LogP contribution in [0.5, 0.6) is 5.75 Å². The first-order chi connectivity index (χ1) is 21.0. The minimum absolute atomic E-state index is 0.842. The quantitative estimate of drug-likeness (QED) is 0.184. The summed E-state index contributed by atoms with van der Waals surface area (Å²) < 4.78 is 5.40. The van der Waals surface area contributed by atoms with E-state index in [1.54, 1.807) is 7.11 Å². The lowest BCUT2D eigenvalue weighted by Crippen LogP contribution is -2.10. The lowest BCUT2D eigenvalue weighted by Gasteiger charge is -2.26. The molecule has 212 valence electrons. The van der Waals surface area contributed by atoms with Crippen LogP contribution in [0.15, 0.2) is 146 Å². The Bertz CT molecular complexity index is 1730. The highest BCUT2D eigenvalue weighted by molar-refractivity contribution is 5.81. The lowest BCUT2D eigenvalue weighted by molar-refractivity contribution is 0.415. The number of hydrogen-bond acceptors (Lipinski definition) is 3. The summed E-state index contributed by atoms with van der Waals surface area (Å²) in [6, 6.07) is 51.9. The first-order valence-corrected chi connectivity index (χ1v) is 14.6. The van der Waals surface area contributed by atoms with E-state index in [4.69, 9.17) is 4.74 Å². The molecule has 0 aromatic heterocycles.